The number of phenolic OH excluding ortho intramolecular Hbond substituents is 4. The number of benzene rings is 4. The average molecular weight is 517 g/mol. The predicted octanol–water partition coefficient (Wildman–Crippen LogP) is 3.80. The largest absolute Gasteiger partial charge is 2.00 e. The molecule has 0 fully saturated rings. The first-order valence-corrected chi connectivity index (χ1v) is 11.5. The Kier molecular flexibility index (Phi) is 9.90. The quantitative estimate of drug-likeness (QED) is 0.0795. The smallest absolute Gasteiger partial charge is 0.759 e. The Morgan fingerprint density at radius 2 is 0.889 bits per heavy atom. The molecule has 0 aliphatic rings. The molecule has 4 N–H and O–H groups in total. The van der Waals surface area contributed by atoms with Crippen molar-refractivity contribution in [2.75, 3.05) is 0 Å². The van der Waals surface area contributed by atoms with E-state index < -0.39 is 33.4 Å². The van der Waals surface area contributed by atoms with Crippen molar-refractivity contribution in [2.24, 2.45) is 0 Å². The third-order valence-corrected chi connectivity index (χ3v) is 4.93. The van der Waals surface area contributed by atoms with E-state index in [0.717, 1.165) is 22.3 Å². The number of aromatic hydroxyl groups is 4. The van der Waals surface area contributed by atoms with Crippen LogP contribution in [0.3, 0.4) is 0 Å². The summed E-state index contributed by atoms with van der Waals surface area (Å²) >= 11 is 0. The maximum absolute atomic E-state index is 10.7. The summed E-state index contributed by atoms with van der Waals surface area (Å²) in [5.74, 6) is -2.55. The Balaban J connectivity index is 0.000000694. The molecule has 4 rings (SSSR count). The van der Waals surface area contributed by atoms with Gasteiger partial charge >= 0.3 is 23.1 Å². The normalized spacial score (nSPS) is 10.4. The third-order valence-electron chi connectivity index (χ3n) is 4.93. The first-order chi connectivity index (χ1) is 16.6. The van der Waals surface area contributed by atoms with Gasteiger partial charge in [-0.2, -0.15) is 0 Å². The zero-order valence-corrected chi connectivity index (χ0v) is 21.0. The fraction of sp³-hybridized carbons (Fsp3) is 0. The van der Waals surface area contributed by atoms with Crippen LogP contribution in [-0.4, -0.2) is 61.0 Å². The Morgan fingerprint density at radius 3 is 1.25 bits per heavy atom. The topological polar surface area (TPSA) is 161 Å². The van der Waals surface area contributed by atoms with Crippen LogP contribution in [0.25, 0.3) is 11.1 Å². The van der Waals surface area contributed by atoms with E-state index in [1.807, 2.05) is 91.0 Å². The van der Waals surface area contributed by atoms with Crippen molar-refractivity contribution in [3.63, 3.8) is 0 Å². The van der Waals surface area contributed by atoms with E-state index in [-0.39, 0.29) is 28.6 Å². The van der Waals surface area contributed by atoms with E-state index in [9.17, 15) is 20.4 Å². The van der Waals surface area contributed by atoms with Crippen LogP contribution in [-0.2, 0) is 10.4 Å². The summed E-state index contributed by atoms with van der Waals surface area (Å²) in [6.07, 6.45) is 0. The molecule has 180 valence electrons. The summed E-state index contributed by atoms with van der Waals surface area (Å²) in [5.41, 5.74) is 4.19. The Hall–Kier alpha value is -3.54. The van der Waals surface area contributed by atoms with Crippen LogP contribution in [0.15, 0.2) is 97.1 Å². The Labute approximate surface area is 224 Å². The van der Waals surface area contributed by atoms with Crippen molar-refractivity contribution in [1.29, 1.82) is 0 Å². The minimum absolute atomic E-state index is 0. The third kappa shape index (κ3) is 7.23. The van der Waals surface area contributed by atoms with Gasteiger partial charge in [-0.25, -0.2) is 0 Å². The summed E-state index contributed by atoms with van der Waals surface area (Å²) in [7, 11) is -5.17. The van der Waals surface area contributed by atoms with E-state index in [0.29, 0.717) is 5.57 Å². The van der Waals surface area contributed by atoms with Gasteiger partial charge in [0.25, 0.3) is 0 Å². The van der Waals surface area contributed by atoms with Gasteiger partial charge in [0.1, 0.15) is 0 Å². The van der Waals surface area contributed by atoms with Crippen LogP contribution in [0, 0.1) is 0 Å². The fourth-order valence-corrected chi connectivity index (χ4v) is 3.53. The molecule has 0 amide bonds. The van der Waals surface area contributed by atoms with Gasteiger partial charge in [0.2, 0.25) is 11.5 Å². The zero-order chi connectivity index (χ0) is 25.6. The minimum Gasteiger partial charge on any atom is -0.759 e. The number of rotatable bonds is 4. The molecule has 0 aliphatic heterocycles. The molecule has 0 saturated heterocycles. The molecule has 0 aliphatic carbocycles. The SMILES string of the molecule is O=S(=O)([O-])[O-].Oc1cc(C(=C(c2ccccc2)c2ccccc2)c2ccccc2)c(O)c(O)c1O.[Mg+2]. The van der Waals surface area contributed by atoms with Gasteiger partial charge in [0.05, 0.1) is 0 Å². The molecule has 4 aromatic rings. The van der Waals surface area contributed by atoms with Crippen LogP contribution < -0.4 is 0 Å². The van der Waals surface area contributed by atoms with Gasteiger partial charge in [0, 0.05) is 21.5 Å². The minimum atomic E-state index is -5.17. The second-order valence-corrected chi connectivity index (χ2v) is 8.06. The van der Waals surface area contributed by atoms with Crippen molar-refractivity contribution in [1.82, 2.24) is 0 Å². The molecule has 8 nitrogen and oxygen atoms in total. The van der Waals surface area contributed by atoms with Crippen molar-refractivity contribution in [2.45, 2.75) is 0 Å². The molecule has 0 saturated carbocycles. The number of hydrogen-bond donors (Lipinski definition) is 4. The van der Waals surface area contributed by atoms with Gasteiger partial charge in [-0.3, -0.25) is 8.42 Å². The van der Waals surface area contributed by atoms with Crippen LogP contribution in [0.2, 0.25) is 0 Å². The zero-order valence-electron chi connectivity index (χ0n) is 18.8. The first-order valence-electron chi connectivity index (χ1n) is 10.1. The molecule has 0 aromatic heterocycles. The molecule has 0 bridgehead atoms. The van der Waals surface area contributed by atoms with Crippen molar-refractivity contribution < 1.29 is 37.9 Å². The van der Waals surface area contributed by atoms with E-state index in [4.69, 9.17) is 17.5 Å². The van der Waals surface area contributed by atoms with Crippen LogP contribution in [0.1, 0.15) is 22.3 Å². The second kappa shape index (κ2) is 12.4. The van der Waals surface area contributed by atoms with Crippen LogP contribution >= 0.6 is 0 Å². The maximum Gasteiger partial charge on any atom is 2.00 e. The van der Waals surface area contributed by atoms with E-state index >= 15 is 0 Å². The van der Waals surface area contributed by atoms with Gasteiger partial charge in [-0.15, -0.1) is 0 Å². The Morgan fingerprint density at radius 1 is 0.556 bits per heavy atom. The van der Waals surface area contributed by atoms with E-state index in [1.54, 1.807) is 0 Å². The molecule has 0 heterocycles. The van der Waals surface area contributed by atoms with E-state index in [1.165, 1.54) is 6.07 Å². The van der Waals surface area contributed by atoms with Crippen LogP contribution in [0.5, 0.6) is 23.0 Å². The average Bonchev–Trinajstić information content (AvgIpc) is 2.84. The molecule has 0 unspecified atom stereocenters. The Bertz CT molecular complexity index is 1390. The molecule has 0 radical (unpaired) electrons. The second-order valence-electron chi connectivity index (χ2n) is 7.25. The maximum atomic E-state index is 10.7. The van der Waals surface area contributed by atoms with Crippen molar-refractivity contribution in [3.05, 3.63) is 119 Å². The fourth-order valence-electron chi connectivity index (χ4n) is 3.53. The van der Waals surface area contributed by atoms with Gasteiger partial charge in [0.15, 0.2) is 11.5 Å². The predicted molar refractivity (Wildman–Crippen MR) is 134 cm³/mol. The monoisotopic (exact) mass is 516 g/mol. The summed E-state index contributed by atoms with van der Waals surface area (Å²) < 4.78 is 34.1. The molecule has 0 spiro atoms. The molecule has 10 heteroatoms. The van der Waals surface area contributed by atoms with Crippen molar-refractivity contribution >= 4 is 44.6 Å². The summed E-state index contributed by atoms with van der Waals surface area (Å²) in [4.78, 5) is 0. The van der Waals surface area contributed by atoms with Gasteiger partial charge < -0.3 is 29.5 Å². The summed E-state index contributed by atoms with van der Waals surface area (Å²) in [5, 5.41) is 41.0. The molecule has 36 heavy (non-hydrogen) atoms. The summed E-state index contributed by atoms with van der Waals surface area (Å²) in [6, 6.07) is 30.1. The first kappa shape index (κ1) is 28.7. The van der Waals surface area contributed by atoms with Gasteiger partial charge in [-0.1, -0.05) is 91.0 Å². The number of hydrogen-bond acceptors (Lipinski definition) is 8. The van der Waals surface area contributed by atoms with Crippen LogP contribution in [0.4, 0.5) is 0 Å². The molecule has 0 atom stereocenters. The molecular weight excluding hydrogens is 497 g/mol. The van der Waals surface area contributed by atoms with Crippen molar-refractivity contribution in [3.8, 4) is 23.0 Å². The summed E-state index contributed by atoms with van der Waals surface area (Å²) in [6.45, 7) is 0. The standard InChI is InChI=1S/C26H20O4.Mg.H2O4S/c27-21-16-20(24(28)26(30)25(21)29)23(19-14-8-3-9-15-19)22(17-10-4-1-5-11-17)18-12-6-2-7-13-18;;1-5(2,3)4/h1-16,27-30H;;(H2,1,2,3,4)/q;+2;/p-2. The number of phenols is 4. The molecular formula is C26H20MgO8S. The molecule has 4 aromatic carbocycles. The van der Waals surface area contributed by atoms with Gasteiger partial charge in [-0.05, 0) is 28.3 Å². The van der Waals surface area contributed by atoms with E-state index in [2.05, 4.69) is 0 Å².